The summed E-state index contributed by atoms with van der Waals surface area (Å²) in [6, 6.07) is 7.21. The molecule has 20 heavy (non-hydrogen) atoms. The first-order valence-corrected chi connectivity index (χ1v) is 7.38. The van der Waals surface area contributed by atoms with Crippen LogP contribution in [-0.4, -0.2) is 37.7 Å². The van der Waals surface area contributed by atoms with Crippen LogP contribution < -0.4 is 5.73 Å². The van der Waals surface area contributed by atoms with Gasteiger partial charge in [0.2, 0.25) is 0 Å². The van der Waals surface area contributed by atoms with Gasteiger partial charge in [0.1, 0.15) is 5.82 Å². The molecule has 2 N–H and O–H groups in total. The van der Waals surface area contributed by atoms with Crippen molar-refractivity contribution in [2.24, 2.45) is 5.73 Å². The first-order valence-electron chi connectivity index (χ1n) is 7.38. The maximum absolute atomic E-state index is 13.5. The predicted molar refractivity (Wildman–Crippen MR) is 81.1 cm³/mol. The summed E-state index contributed by atoms with van der Waals surface area (Å²) in [4.78, 5) is 2.35. The maximum atomic E-state index is 13.5. The van der Waals surface area contributed by atoms with E-state index < -0.39 is 0 Å². The van der Waals surface area contributed by atoms with Crippen molar-refractivity contribution >= 4 is 0 Å². The molecule has 0 amide bonds. The average molecular weight is 282 g/mol. The van der Waals surface area contributed by atoms with Crippen LogP contribution in [0.3, 0.4) is 0 Å². The van der Waals surface area contributed by atoms with Crippen molar-refractivity contribution in [1.29, 1.82) is 0 Å². The largest absolute Gasteiger partial charge is 0.383 e. The van der Waals surface area contributed by atoms with E-state index in [0.717, 1.165) is 24.9 Å². The summed E-state index contributed by atoms with van der Waals surface area (Å²) in [5.74, 6) is -0.211. The quantitative estimate of drug-likeness (QED) is 0.757. The molecule has 0 aliphatic carbocycles. The van der Waals surface area contributed by atoms with E-state index in [9.17, 15) is 4.39 Å². The van der Waals surface area contributed by atoms with Crippen LogP contribution in [0, 0.1) is 5.82 Å². The van der Waals surface area contributed by atoms with E-state index in [1.165, 1.54) is 6.07 Å². The van der Waals surface area contributed by atoms with Crippen LogP contribution in [0.25, 0.3) is 0 Å². The molecule has 0 fully saturated rings. The smallest absolute Gasteiger partial charge is 0.123 e. The second kappa shape index (κ2) is 9.06. The molecule has 4 heteroatoms. The molecule has 1 rings (SSSR count). The Labute approximate surface area is 121 Å². The molecule has 0 radical (unpaired) electrons. The molecular formula is C16H27FN2O. The van der Waals surface area contributed by atoms with Crippen LogP contribution in [0.1, 0.15) is 38.3 Å². The van der Waals surface area contributed by atoms with Gasteiger partial charge in [-0.2, -0.15) is 0 Å². The summed E-state index contributed by atoms with van der Waals surface area (Å²) in [5.41, 5.74) is 6.91. The molecule has 0 heterocycles. The van der Waals surface area contributed by atoms with Crippen molar-refractivity contribution in [2.45, 2.75) is 38.8 Å². The van der Waals surface area contributed by atoms with Crippen molar-refractivity contribution in [2.75, 3.05) is 26.8 Å². The third kappa shape index (κ3) is 4.54. The topological polar surface area (TPSA) is 38.5 Å². The fourth-order valence-corrected chi connectivity index (χ4v) is 2.72. The first-order chi connectivity index (χ1) is 9.67. The van der Waals surface area contributed by atoms with Gasteiger partial charge in [-0.15, -0.1) is 0 Å². The highest BCUT2D eigenvalue weighted by Crippen LogP contribution is 2.25. The van der Waals surface area contributed by atoms with Crippen molar-refractivity contribution in [3.05, 3.63) is 35.6 Å². The standard InChI is InChI=1S/C16H27FN2O/c1-4-15(5-2)19(9-10-20-3)16(12-18)13-7-6-8-14(17)11-13/h6-8,11,15-16H,4-5,9-10,12,18H2,1-3H3. The van der Waals surface area contributed by atoms with Gasteiger partial charge < -0.3 is 10.5 Å². The molecule has 3 nitrogen and oxygen atoms in total. The van der Waals surface area contributed by atoms with Gasteiger partial charge >= 0.3 is 0 Å². The Morgan fingerprint density at radius 3 is 2.50 bits per heavy atom. The zero-order chi connectivity index (χ0) is 15.0. The third-order valence-electron chi connectivity index (χ3n) is 3.82. The van der Waals surface area contributed by atoms with Gasteiger partial charge in [0.15, 0.2) is 0 Å². The molecule has 0 saturated heterocycles. The molecule has 0 spiro atoms. The summed E-state index contributed by atoms with van der Waals surface area (Å²) in [7, 11) is 1.70. The highest BCUT2D eigenvalue weighted by Gasteiger charge is 2.24. The van der Waals surface area contributed by atoms with Crippen LogP contribution >= 0.6 is 0 Å². The molecule has 0 saturated carbocycles. The molecular weight excluding hydrogens is 255 g/mol. The number of halogens is 1. The molecule has 0 aromatic heterocycles. The number of benzene rings is 1. The zero-order valence-electron chi connectivity index (χ0n) is 12.8. The fraction of sp³-hybridized carbons (Fsp3) is 0.625. The van der Waals surface area contributed by atoms with Crippen molar-refractivity contribution in [3.63, 3.8) is 0 Å². The minimum absolute atomic E-state index is 0.0331. The second-order valence-electron chi connectivity index (χ2n) is 5.01. The lowest BCUT2D eigenvalue weighted by Crippen LogP contribution is -2.42. The maximum Gasteiger partial charge on any atom is 0.123 e. The number of rotatable bonds is 9. The van der Waals surface area contributed by atoms with Crippen LogP contribution in [0.4, 0.5) is 4.39 Å². The molecule has 0 bridgehead atoms. The minimum Gasteiger partial charge on any atom is -0.383 e. The average Bonchev–Trinajstić information content (AvgIpc) is 2.46. The second-order valence-corrected chi connectivity index (χ2v) is 5.01. The van der Waals surface area contributed by atoms with Crippen molar-refractivity contribution < 1.29 is 9.13 Å². The van der Waals surface area contributed by atoms with Gasteiger partial charge in [0, 0.05) is 32.3 Å². The van der Waals surface area contributed by atoms with E-state index in [4.69, 9.17) is 10.5 Å². The fourth-order valence-electron chi connectivity index (χ4n) is 2.72. The third-order valence-corrected chi connectivity index (χ3v) is 3.82. The van der Waals surface area contributed by atoms with E-state index >= 15 is 0 Å². The summed E-state index contributed by atoms with van der Waals surface area (Å²) < 4.78 is 18.7. The van der Waals surface area contributed by atoms with Gasteiger partial charge in [-0.1, -0.05) is 26.0 Å². The predicted octanol–water partition coefficient (Wildman–Crippen LogP) is 2.96. The van der Waals surface area contributed by atoms with E-state index in [-0.39, 0.29) is 11.9 Å². The van der Waals surface area contributed by atoms with Gasteiger partial charge in [-0.25, -0.2) is 4.39 Å². The van der Waals surface area contributed by atoms with E-state index in [1.54, 1.807) is 19.2 Å². The molecule has 1 aromatic rings. The van der Waals surface area contributed by atoms with Crippen LogP contribution in [-0.2, 0) is 4.74 Å². The highest BCUT2D eigenvalue weighted by molar-refractivity contribution is 5.21. The zero-order valence-corrected chi connectivity index (χ0v) is 12.8. The Morgan fingerprint density at radius 2 is 2.00 bits per heavy atom. The summed E-state index contributed by atoms with van der Waals surface area (Å²) in [5, 5.41) is 0. The Morgan fingerprint density at radius 1 is 1.30 bits per heavy atom. The van der Waals surface area contributed by atoms with Crippen LogP contribution in [0.2, 0.25) is 0 Å². The SMILES string of the molecule is CCC(CC)N(CCOC)C(CN)c1cccc(F)c1. The Bertz CT molecular complexity index is 382. The van der Waals surface area contributed by atoms with Gasteiger partial charge in [0.25, 0.3) is 0 Å². The Hall–Kier alpha value is -0.970. The Balaban J connectivity index is 3.00. The number of nitrogens with zero attached hydrogens (tertiary/aromatic N) is 1. The van der Waals surface area contributed by atoms with Crippen molar-refractivity contribution in [3.8, 4) is 0 Å². The van der Waals surface area contributed by atoms with Crippen LogP contribution in [0.5, 0.6) is 0 Å². The lowest BCUT2D eigenvalue weighted by atomic mass is 10.0. The number of hydrogen-bond donors (Lipinski definition) is 1. The summed E-state index contributed by atoms with van der Waals surface area (Å²) >= 11 is 0. The van der Waals surface area contributed by atoms with Gasteiger partial charge in [0.05, 0.1) is 6.61 Å². The molecule has 1 unspecified atom stereocenters. The van der Waals surface area contributed by atoms with E-state index in [2.05, 4.69) is 18.7 Å². The monoisotopic (exact) mass is 282 g/mol. The van der Waals surface area contributed by atoms with Gasteiger partial charge in [-0.05, 0) is 30.5 Å². The summed E-state index contributed by atoms with van der Waals surface area (Å²) in [6.45, 7) is 6.29. The minimum atomic E-state index is -0.211. The number of nitrogens with two attached hydrogens (primary N) is 1. The number of hydrogen-bond acceptors (Lipinski definition) is 3. The van der Waals surface area contributed by atoms with E-state index in [0.29, 0.717) is 19.2 Å². The molecule has 0 aliphatic rings. The normalized spacial score (nSPS) is 13.2. The number of methoxy groups -OCH3 is 1. The molecule has 1 atom stereocenters. The lowest BCUT2D eigenvalue weighted by Gasteiger charge is -2.37. The first kappa shape index (κ1) is 17.1. The van der Waals surface area contributed by atoms with E-state index in [1.807, 2.05) is 6.07 Å². The van der Waals surface area contributed by atoms with Gasteiger partial charge in [-0.3, -0.25) is 4.90 Å². The highest BCUT2D eigenvalue weighted by atomic mass is 19.1. The number of ether oxygens (including phenoxy) is 1. The van der Waals surface area contributed by atoms with Crippen molar-refractivity contribution in [1.82, 2.24) is 4.90 Å². The molecule has 0 aliphatic heterocycles. The Kier molecular flexibility index (Phi) is 7.73. The lowest BCUT2D eigenvalue weighted by molar-refractivity contribution is 0.0816. The summed E-state index contributed by atoms with van der Waals surface area (Å²) in [6.07, 6.45) is 2.10. The molecule has 114 valence electrons. The van der Waals surface area contributed by atoms with Crippen LogP contribution in [0.15, 0.2) is 24.3 Å². The molecule has 1 aromatic carbocycles.